The lowest BCUT2D eigenvalue weighted by atomic mass is 10.1. The molecule has 1 saturated heterocycles. The summed E-state index contributed by atoms with van der Waals surface area (Å²) in [6, 6.07) is 4.85. The topological polar surface area (TPSA) is 46.6 Å². The van der Waals surface area contributed by atoms with E-state index in [1.807, 2.05) is 20.8 Å². The summed E-state index contributed by atoms with van der Waals surface area (Å²) in [7, 11) is 0. The van der Waals surface area contributed by atoms with Crippen LogP contribution in [0.5, 0.6) is 5.75 Å². The van der Waals surface area contributed by atoms with Crippen LogP contribution in [0.3, 0.4) is 0 Å². The van der Waals surface area contributed by atoms with Crippen molar-refractivity contribution in [1.29, 1.82) is 0 Å². The second-order valence-corrected chi connectivity index (χ2v) is 5.77. The molecule has 0 bridgehead atoms. The van der Waals surface area contributed by atoms with Crippen LogP contribution in [0.1, 0.15) is 27.2 Å². The number of carbonyl (C=O) groups is 2. The third kappa shape index (κ3) is 3.07. The molecule has 1 fully saturated rings. The minimum Gasteiger partial charge on any atom is -0.485 e. The Morgan fingerprint density at radius 2 is 2.09 bits per heavy atom. The van der Waals surface area contributed by atoms with Crippen molar-refractivity contribution in [1.82, 2.24) is 0 Å². The number of ether oxygens (including phenoxy) is 1. The molecule has 2 amide bonds. The summed E-state index contributed by atoms with van der Waals surface area (Å²) >= 11 is 6.10. The zero-order valence-corrected chi connectivity index (χ0v) is 13.6. The molecule has 1 atom stereocenters. The molecule has 2 rings (SSSR count). The summed E-state index contributed by atoms with van der Waals surface area (Å²) in [5.74, 6) is -0.112. The Hall–Kier alpha value is -2.07. The first kappa shape index (κ1) is 16.3. The number of halogens is 1. The first-order valence-electron chi connectivity index (χ1n) is 6.97. The molecule has 22 heavy (non-hydrogen) atoms. The predicted molar refractivity (Wildman–Crippen MR) is 87.2 cm³/mol. The molecule has 1 aliphatic rings. The number of carbonyl (C=O) groups excluding carboxylic acids is 2. The fraction of sp³-hybridized carbons (Fsp3) is 0.294. The summed E-state index contributed by atoms with van der Waals surface area (Å²) in [6.07, 6.45) is 1.53. The lowest BCUT2D eigenvalue weighted by Crippen LogP contribution is -2.29. The molecule has 0 saturated carbocycles. The molecule has 0 spiro atoms. The van der Waals surface area contributed by atoms with Crippen LogP contribution in [-0.4, -0.2) is 17.9 Å². The van der Waals surface area contributed by atoms with E-state index in [9.17, 15) is 9.59 Å². The number of anilines is 1. The van der Waals surface area contributed by atoms with E-state index in [0.717, 1.165) is 5.57 Å². The summed E-state index contributed by atoms with van der Waals surface area (Å²) in [5, 5.41) is 0.416. The van der Waals surface area contributed by atoms with E-state index in [0.29, 0.717) is 22.0 Å². The molecule has 1 heterocycles. The molecule has 1 aromatic rings. The van der Waals surface area contributed by atoms with Crippen LogP contribution in [0.15, 0.2) is 42.0 Å². The van der Waals surface area contributed by atoms with Crippen molar-refractivity contribution < 1.29 is 14.3 Å². The summed E-state index contributed by atoms with van der Waals surface area (Å²) in [5.41, 5.74) is 1.86. The SMILES string of the molecule is C=CC(C)Oc1cc(N2C(=O)CC(=C(C)C)C2=O)ccc1Cl. The highest BCUT2D eigenvalue weighted by Gasteiger charge is 2.35. The number of rotatable bonds is 4. The van der Waals surface area contributed by atoms with E-state index in [4.69, 9.17) is 16.3 Å². The van der Waals surface area contributed by atoms with Gasteiger partial charge in [-0.15, -0.1) is 0 Å². The van der Waals surface area contributed by atoms with Gasteiger partial charge in [0.1, 0.15) is 11.9 Å². The number of hydrogen-bond donors (Lipinski definition) is 0. The van der Waals surface area contributed by atoms with Gasteiger partial charge in [-0.3, -0.25) is 9.59 Å². The predicted octanol–water partition coefficient (Wildman–Crippen LogP) is 3.89. The fourth-order valence-electron chi connectivity index (χ4n) is 2.18. The van der Waals surface area contributed by atoms with E-state index in [-0.39, 0.29) is 24.3 Å². The van der Waals surface area contributed by atoms with Crippen molar-refractivity contribution in [2.45, 2.75) is 33.3 Å². The minimum atomic E-state index is -0.282. The van der Waals surface area contributed by atoms with Crippen LogP contribution in [0.25, 0.3) is 0 Å². The number of hydrogen-bond acceptors (Lipinski definition) is 3. The normalized spacial score (nSPS) is 16.0. The zero-order chi connectivity index (χ0) is 16.4. The van der Waals surface area contributed by atoms with E-state index in [1.165, 1.54) is 4.90 Å². The van der Waals surface area contributed by atoms with Gasteiger partial charge in [-0.2, -0.15) is 0 Å². The van der Waals surface area contributed by atoms with Crippen LogP contribution < -0.4 is 9.64 Å². The maximum atomic E-state index is 12.4. The van der Waals surface area contributed by atoms with E-state index < -0.39 is 0 Å². The number of nitrogens with zero attached hydrogens (tertiary/aromatic N) is 1. The minimum absolute atomic E-state index is 0.128. The third-order valence-corrected chi connectivity index (χ3v) is 3.77. The molecular weight excluding hydrogens is 302 g/mol. The Bertz CT molecular complexity index is 674. The molecule has 0 aliphatic carbocycles. The van der Waals surface area contributed by atoms with Gasteiger partial charge in [0.25, 0.3) is 5.91 Å². The molecule has 1 aromatic carbocycles. The van der Waals surface area contributed by atoms with Crippen molar-refractivity contribution in [2.75, 3.05) is 4.90 Å². The average Bonchev–Trinajstić information content (AvgIpc) is 2.76. The molecule has 1 aliphatic heterocycles. The second-order valence-electron chi connectivity index (χ2n) is 5.36. The molecule has 0 aromatic heterocycles. The van der Waals surface area contributed by atoms with Gasteiger partial charge in [-0.1, -0.05) is 29.8 Å². The lowest BCUT2D eigenvalue weighted by molar-refractivity contribution is -0.120. The summed E-state index contributed by atoms with van der Waals surface area (Å²) in [6.45, 7) is 9.12. The Morgan fingerprint density at radius 3 is 2.64 bits per heavy atom. The number of imide groups is 1. The highest BCUT2D eigenvalue weighted by Crippen LogP contribution is 2.34. The fourth-order valence-corrected chi connectivity index (χ4v) is 2.34. The van der Waals surface area contributed by atoms with Crippen LogP contribution in [0.2, 0.25) is 5.02 Å². The van der Waals surface area contributed by atoms with Crippen molar-refractivity contribution in [3.8, 4) is 5.75 Å². The maximum absolute atomic E-state index is 12.4. The largest absolute Gasteiger partial charge is 0.485 e. The number of allylic oxidation sites excluding steroid dienone is 1. The number of amides is 2. The van der Waals surface area contributed by atoms with Gasteiger partial charge < -0.3 is 4.74 Å². The van der Waals surface area contributed by atoms with E-state index in [2.05, 4.69) is 6.58 Å². The average molecular weight is 320 g/mol. The second kappa shape index (κ2) is 6.36. The first-order valence-corrected chi connectivity index (χ1v) is 7.35. The molecule has 4 nitrogen and oxygen atoms in total. The number of benzene rings is 1. The molecule has 0 radical (unpaired) electrons. The lowest BCUT2D eigenvalue weighted by Gasteiger charge is -2.17. The highest BCUT2D eigenvalue weighted by atomic mass is 35.5. The van der Waals surface area contributed by atoms with Crippen LogP contribution in [0.4, 0.5) is 5.69 Å². The monoisotopic (exact) mass is 319 g/mol. The quantitative estimate of drug-likeness (QED) is 0.480. The van der Waals surface area contributed by atoms with Gasteiger partial charge in [0, 0.05) is 11.6 Å². The maximum Gasteiger partial charge on any atom is 0.261 e. The van der Waals surface area contributed by atoms with Crippen molar-refractivity contribution >= 4 is 29.1 Å². The van der Waals surface area contributed by atoms with Gasteiger partial charge in [-0.05, 0) is 32.9 Å². The van der Waals surface area contributed by atoms with Crippen molar-refractivity contribution in [3.63, 3.8) is 0 Å². The van der Waals surface area contributed by atoms with Gasteiger partial charge in [-0.25, -0.2) is 4.90 Å². The van der Waals surface area contributed by atoms with Crippen molar-refractivity contribution in [3.05, 3.63) is 47.0 Å². The Morgan fingerprint density at radius 1 is 1.41 bits per heavy atom. The molecule has 1 unspecified atom stereocenters. The van der Waals surface area contributed by atoms with Gasteiger partial charge in [0.2, 0.25) is 5.91 Å². The molecular formula is C17H18ClNO3. The van der Waals surface area contributed by atoms with Crippen LogP contribution in [-0.2, 0) is 9.59 Å². The Balaban J connectivity index is 2.39. The Labute approximate surface area is 135 Å². The smallest absolute Gasteiger partial charge is 0.261 e. The van der Waals surface area contributed by atoms with E-state index in [1.54, 1.807) is 24.3 Å². The molecule has 5 heteroatoms. The Kier molecular flexibility index (Phi) is 4.71. The van der Waals surface area contributed by atoms with Gasteiger partial charge in [0.15, 0.2) is 0 Å². The van der Waals surface area contributed by atoms with Gasteiger partial charge >= 0.3 is 0 Å². The third-order valence-electron chi connectivity index (χ3n) is 3.46. The zero-order valence-electron chi connectivity index (χ0n) is 12.9. The highest BCUT2D eigenvalue weighted by molar-refractivity contribution is 6.32. The first-order chi connectivity index (χ1) is 10.3. The standard InChI is InChI=1S/C17H18ClNO3/c1-5-11(4)22-15-8-12(6-7-14(15)18)19-16(20)9-13(10(2)3)17(19)21/h5-8,11H,1,9H2,2-4H3. The van der Waals surface area contributed by atoms with E-state index >= 15 is 0 Å². The molecule has 116 valence electrons. The van der Waals surface area contributed by atoms with Crippen LogP contribution in [0, 0.1) is 0 Å². The summed E-state index contributed by atoms with van der Waals surface area (Å²) < 4.78 is 5.63. The summed E-state index contributed by atoms with van der Waals surface area (Å²) in [4.78, 5) is 25.7. The molecule has 0 N–H and O–H groups in total. The van der Waals surface area contributed by atoms with Crippen molar-refractivity contribution in [2.24, 2.45) is 0 Å². The van der Waals surface area contributed by atoms with Crippen LogP contribution >= 0.6 is 11.6 Å². The van der Waals surface area contributed by atoms with Gasteiger partial charge in [0.05, 0.1) is 17.1 Å².